The molecule has 1 aromatic carbocycles. The topological polar surface area (TPSA) is 79.9 Å². The number of hydroxylamine groups is 3. The van der Waals surface area contributed by atoms with E-state index in [1.54, 1.807) is 45.0 Å². The Morgan fingerprint density at radius 3 is 2.67 bits per heavy atom. The molecule has 0 fully saturated rings. The Hall–Kier alpha value is -2.56. The molecule has 0 saturated heterocycles. The van der Waals surface area contributed by atoms with Crippen LogP contribution >= 0.6 is 0 Å². The third-order valence-electron chi connectivity index (χ3n) is 3.07. The molecule has 0 heterocycles. The van der Waals surface area contributed by atoms with Gasteiger partial charge in [-0.3, -0.25) is 14.5 Å². The molecule has 0 spiro atoms. The summed E-state index contributed by atoms with van der Waals surface area (Å²) >= 11 is 0. The van der Waals surface area contributed by atoms with Crippen molar-refractivity contribution in [2.75, 3.05) is 26.1 Å². The van der Waals surface area contributed by atoms with Crippen molar-refractivity contribution in [2.45, 2.75) is 20.8 Å². The molecule has 3 amide bonds. The van der Waals surface area contributed by atoms with Gasteiger partial charge in [0.1, 0.15) is 5.41 Å². The zero-order chi connectivity index (χ0) is 18.2. The molecule has 7 heteroatoms. The minimum absolute atomic E-state index is 0.317. The normalized spacial score (nSPS) is 10.4. The summed E-state index contributed by atoms with van der Waals surface area (Å²) in [6, 6.07) is 6.60. The van der Waals surface area contributed by atoms with Crippen molar-refractivity contribution in [3.63, 3.8) is 0 Å². The van der Waals surface area contributed by atoms with Gasteiger partial charge in [-0.05, 0) is 39.0 Å². The van der Waals surface area contributed by atoms with E-state index in [2.05, 4.69) is 22.6 Å². The number of amides is 3. The van der Waals surface area contributed by atoms with Crippen molar-refractivity contribution in [3.05, 3.63) is 29.8 Å². The molecular formula is C17H23N3O4. The predicted octanol–water partition coefficient (Wildman–Crippen LogP) is 2.16. The van der Waals surface area contributed by atoms with Crippen LogP contribution in [0.4, 0.5) is 10.5 Å². The first-order chi connectivity index (χ1) is 11.3. The standard InChI is InChI=1S/C17H23N3O4/c1-6-24-19-15(21)17(2,3)11-10-13-8-7-9-14(12-13)18-16(22)20(4)23-5/h7-9,12H,6H2,1-5H3,(H,18,22)(H,19,21). The van der Waals surface area contributed by atoms with E-state index in [1.165, 1.54) is 14.2 Å². The van der Waals surface area contributed by atoms with Crippen LogP contribution in [-0.4, -0.2) is 37.8 Å². The van der Waals surface area contributed by atoms with Crippen LogP contribution in [0.3, 0.4) is 0 Å². The lowest BCUT2D eigenvalue weighted by Crippen LogP contribution is -2.36. The van der Waals surface area contributed by atoms with E-state index in [0.29, 0.717) is 17.9 Å². The number of anilines is 1. The highest BCUT2D eigenvalue weighted by Crippen LogP contribution is 2.15. The highest BCUT2D eigenvalue weighted by atomic mass is 16.7. The monoisotopic (exact) mass is 333 g/mol. The lowest BCUT2D eigenvalue weighted by Gasteiger charge is -2.16. The van der Waals surface area contributed by atoms with Crippen LogP contribution in [0.2, 0.25) is 0 Å². The number of rotatable bonds is 5. The minimum atomic E-state index is -0.912. The summed E-state index contributed by atoms with van der Waals surface area (Å²) in [7, 11) is 2.90. The lowest BCUT2D eigenvalue weighted by molar-refractivity contribution is -0.139. The van der Waals surface area contributed by atoms with Gasteiger partial charge in [-0.1, -0.05) is 17.9 Å². The molecular weight excluding hydrogens is 310 g/mol. The van der Waals surface area contributed by atoms with Gasteiger partial charge in [-0.2, -0.15) is 0 Å². The summed E-state index contributed by atoms with van der Waals surface area (Å²) in [6.45, 7) is 5.56. The number of carbonyl (C=O) groups is 2. The quantitative estimate of drug-likeness (QED) is 0.639. The smallest absolute Gasteiger partial charge is 0.306 e. The van der Waals surface area contributed by atoms with Gasteiger partial charge >= 0.3 is 6.03 Å². The number of nitrogens with zero attached hydrogens (tertiary/aromatic N) is 1. The van der Waals surface area contributed by atoms with Crippen LogP contribution in [0.15, 0.2) is 24.3 Å². The van der Waals surface area contributed by atoms with E-state index in [9.17, 15) is 9.59 Å². The first kappa shape index (κ1) is 19.5. The molecule has 0 bridgehead atoms. The van der Waals surface area contributed by atoms with Gasteiger partial charge < -0.3 is 5.32 Å². The van der Waals surface area contributed by atoms with E-state index in [0.717, 1.165) is 5.06 Å². The van der Waals surface area contributed by atoms with Crippen LogP contribution in [0, 0.1) is 17.3 Å². The molecule has 0 aromatic heterocycles. The molecule has 24 heavy (non-hydrogen) atoms. The second kappa shape index (κ2) is 8.91. The molecule has 1 rings (SSSR count). The van der Waals surface area contributed by atoms with Crippen LogP contribution in [-0.2, 0) is 14.5 Å². The Morgan fingerprint density at radius 1 is 1.33 bits per heavy atom. The molecule has 7 nitrogen and oxygen atoms in total. The van der Waals surface area contributed by atoms with Crippen molar-refractivity contribution in [3.8, 4) is 11.8 Å². The third-order valence-corrected chi connectivity index (χ3v) is 3.07. The fraction of sp³-hybridized carbons (Fsp3) is 0.412. The zero-order valence-corrected chi connectivity index (χ0v) is 14.6. The summed E-state index contributed by atoms with van der Waals surface area (Å²) in [5.41, 5.74) is 2.68. The van der Waals surface area contributed by atoms with Crippen LogP contribution < -0.4 is 10.8 Å². The van der Waals surface area contributed by atoms with Crippen molar-refractivity contribution < 1.29 is 19.3 Å². The highest BCUT2D eigenvalue weighted by molar-refractivity contribution is 5.88. The molecule has 1 aromatic rings. The fourth-order valence-electron chi connectivity index (χ4n) is 1.51. The minimum Gasteiger partial charge on any atom is -0.306 e. The third kappa shape index (κ3) is 5.91. The maximum atomic E-state index is 12.0. The van der Waals surface area contributed by atoms with E-state index < -0.39 is 11.4 Å². The van der Waals surface area contributed by atoms with Gasteiger partial charge in [0.05, 0.1) is 13.7 Å². The first-order valence-electron chi connectivity index (χ1n) is 7.44. The fourth-order valence-corrected chi connectivity index (χ4v) is 1.51. The maximum Gasteiger partial charge on any atom is 0.345 e. The average molecular weight is 333 g/mol. The van der Waals surface area contributed by atoms with Gasteiger partial charge in [-0.25, -0.2) is 15.3 Å². The van der Waals surface area contributed by atoms with Gasteiger partial charge in [0.15, 0.2) is 0 Å². The Kier molecular flexibility index (Phi) is 7.24. The Bertz CT molecular complexity index is 647. The second-order valence-corrected chi connectivity index (χ2v) is 5.43. The van der Waals surface area contributed by atoms with Crippen molar-refractivity contribution >= 4 is 17.6 Å². The number of hydrogen-bond acceptors (Lipinski definition) is 4. The maximum absolute atomic E-state index is 12.0. The molecule has 0 radical (unpaired) electrons. The van der Waals surface area contributed by atoms with Crippen molar-refractivity contribution in [1.82, 2.24) is 10.5 Å². The summed E-state index contributed by atoms with van der Waals surface area (Å²) in [5.74, 6) is 5.53. The van der Waals surface area contributed by atoms with Crippen molar-refractivity contribution in [1.29, 1.82) is 0 Å². The van der Waals surface area contributed by atoms with Gasteiger partial charge in [0.25, 0.3) is 5.91 Å². The highest BCUT2D eigenvalue weighted by Gasteiger charge is 2.25. The molecule has 0 aliphatic carbocycles. The van der Waals surface area contributed by atoms with Crippen LogP contribution in [0.25, 0.3) is 0 Å². The summed E-state index contributed by atoms with van der Waals surface area (Å²) in [6.07, 6.45) is 0. The lowest BCUT2D eigenvalue weighted by atomic mass is 9.93. The van der Waals surface area contributed by atoms with E-state index >= 15 is 0 Å². The number of benzene rings is 1. The number of carbonyl (C=O) groups excluding carboxylic acids is 2. The Balaban J connectivity index is 2.85. The van der Waals surface area contributed by atoms with E-state index in [-0.39, 0.29) is 5.91 Å². The Morgan fingerprint density at radius 2 is 2.04 bits per heavy atom. The number of hydrogen-bond donors (Lipinski definition) is 2. The number of nitrogens with one attached hydrogen (secondary N) is 2. The van der Waals surface area contributed by atoms with E-state index in [4.69, 9.17) is 9.68 Å². The van der Waals surface area contributed by atoms with Gasteiger partial charge in [-0.15, -0.1) is 0 Å². The van der Waals surface area contributed by atoms with Crippen molar-refractivity contribution in [2.24, 2.45) is 5.41 Å². The second-order valence-electron chi connectivity index (χ2n) is 5.43. The van der Waals surface area contributed by atoms with Crippen LogP contribution in [0.5, 0.6) is 0 Å². The Labute approximate surface area is 142 Å². The first-order valence-corrected chi connectivity index (χ1v) is 7.44. The number of urea groups is 1. The molecule has 0 atom stereocenters. The summed E-state index contributed by atoms with van der Waals surface area (Å²) in [5, 5.41) is 3.74. The predicted molar refractivity (Wildman–Crippen MR) is 90.7 cm³/mol. The SMILES string of the molecule is CCONC(=O)C(C)(C)C#Cc1cccc(NC(=O)N(C)OC)c1. The van der Waals surface area contributed by atoms with Gasteiger partial charge in [0, 0.05) is 18.3 Å². The average Bonchev–Trinajstić information content (AvgIpc) is 2.57. The molecule has 0 unspecified atom stereocenters. The van der Waals surface area contributed by atoms with Gasteiger partial charge in [0.2, 0.25) is 0 Å². The molecule has 0 saturated carbocycles. The molecule has 0 aliphatic heterocycles. The molecule has 130 valence electrons. The summed E-state index contributed by atoms with van der Waals surface area (Å²) in [4.78, 5) is 33.4. The van der Waals surface area contributed by atoms with Crippen LogP contribution in [0.1, 0.15) is 26.3 Å². The molecule has 2 N–H and O–H groups in total. The molecule has 0 aliphatic rings. The van der Waals surface area contributed by atoms with E-state index in [1.807, 2.05) is 0 Å². The largest absolute Gasteiger partial charge is 0.345 e. The zero-order valence-electron chi connectivity index (χ0n) is 14.6. The summed E-state index contributed by atoms with van der Waals surface area (Å²) < 4.78 is 0.